The molecule has 0 radical (unpaired) electrons. The van der Waals surface area contributed by atoms with Gasteiger partial charge < -0.3 is 9.47 Å². The third-order valence-corrected chi connectivity index (χ3v) is 4.25. The van der Waals surface area contributed by atoms with Crippen molar-refractivity contribution in [1.82, 2.24) is 0 Å². The Kier molecular flexibility index (Phi) is 6.23. The highest BCUT2D eigenvalue weighted by molar-refractivity contribution is 5.90. The van der Waals surface area contributed by atoms with Gasteiger partial charge in [0.05, 0.1) is 23.7 Å². The van der Waals surface area contributed by atoms with Crippen molar-refractivity contribution in [2.75, 3.05) is 7.11 Å². The van der Waals surface area contributed by atoms with Crippen LogP contribution in [0.5, 0.6) is 11.5 Å². The number of nitro groups is 1. The lowest BCUT2D eigenvalue weighted by Crippen LogP contribution is -1.98. The van der Waals surface area contributed by atoms with E-state index in [4.69, 9.17) is 9.47 Å². The third-order valence-electron chi connectivity index (χ3n) is 4.25. The van der Waals surface area contributed by atoms with Crippen molar-refractivity contribution in [3.05, 3.63) is 99.6 Å². The molecule has 3 rings (SSSR count). The Morgan fingerprint density at radius 3 is 2.41 bits per heavy atom. The van der Waals surface area contributed by atoms with Crippen LogP contribution < -0.4 is 9.47 Å². The summed E-state index contributed by atoms with van der Waals surface area (Å²) >= 11 is 0. The molecular formula is C23H18N2O4. The second-order valence-corrected chi connectivity index (χ2v) is 6.16. The second-order valence-electron chi connectivity index (χ2n) is 6.16. The Morgan fingerprint density at radius 1 is 1.07 bits per heavy atom. The molecule has 3 aromatic rings. The molecule has 0 aromatic heterocycles. The smallest absolute Gasteiger partial charge is 0.269 e. The summed E-state index contributed by atoms with van der Waals surface area (Å²) < 4.78 is 11.3. The molecule has 0 bridgehead atoms. The molecule has 0 heterocycles. The van der Waals surface area contributed by atoms with Crippen molar-refractivity contribution < 1.29 is 14.4 Å². The lowest BCUT2D eigenvalue weighted by atomic mass is 10.0. The zero-order valence-corrected chi connectivity index (χ0v) is 15.7. The average molecular weight is 386 g/mol. The number of nitrogens with zero attached hydrogens (tertiary/aromatic N) is 2. The average Bonchev–Trinajstić information content (AvgIpc) is 2.77. The fraction of sp³-hybridized carbons (Fsp3) is 0.0870. The van der Waals surface area contributed by atoms with Gasteiger partial charge in [0.2, 0.25) is 0 Å². The number of hydrogen-bond acceptors (Lipinski definition) is 5. The number of allylic oxidation sites excluding steroid dienone is 1. The van der Waals surface area contributed by atoms with Gasteiger partial charge >= 0.3 is 0 Å². The summed E-state index contributed by atoms with van der Waals surface area (Å²) in [4.78, 5) is 10.3. The van der Waals surface area contributed by atoms with E-state index in [2.05, 4.69) is 6.07 Å². The number of nitro benzene ring substituents is 1. The van der Waals surface area contributed by atoms with Gasteiger partial charge in [-0.25, -0.2) is 0 Å². The maximum Gasteiger partial charge on any atom is 0.269 e. The Balaban J connectivity index is 1.86. The molecule has 0 saturated heterocycles. The topological polar surface area (TPSA) is 85.4 Å². The first-order valence-corrected chi connectivity index (χ1v) is 8.82. The Hall–Kier alpha value is -4.11. The van der Waals surface area contributed by atoms with Crippen molar-refractivity contribution in [3.63, 3.8) is 0 Å². The standard InChI is InChI=1S/C23H18N2O4/c1-28-22-12-7-18(14-23(22)29-16-17-5-3-2-4-6-17)13-20(15-24)19-8-10-21(11-9-19)25(26)27/h2-14H,16H2,1H3/b20-13-. The molecule has 0 amide bonds. The molecule has 0 aliphatic rings. The van der Waals surface area contributed by atoms with Gasteiger partial charge in [0.15, 0.2) is 11.5 Å². The molecule has 0 aliphatic heterocycles. The molecule has 144 valence electrons. The lowest BCUT2D eigenvalue weighted by Gasteiger charge is -2.12. The van der Waals surface area contributed by atoms with Crippen LogP contribution in [0.2, 0.25) is 0 Å². The predicted octanol–water partition coefficient (Wildman–Crippen LogP) is 5.25. The Bertz CT molecular complexity index is 1070. The summed E-state index contributed by atoms with van der Waals surface area (Å²) in [5.74, 6) is 1.15. The molecular weight excluding hydrogens is 368 g/mol. The minimum Gasteiger partial charge on any atom is -0.493 e. The minimum absolute atomic E-state index is 0.0212. The van der Waals surface area contributed by atoms with Crippen molar-refractivity contribution >= 4 is 17.3 Å². The predicted molar refractivity (Wildman–Crippen MR) is 110 cm³/mol. The van der Waals surface area contributed by atoms with E-state index in [0.29, 0.717) is 29.2 Å². The Morgan fingerprint density at radius 2 is 1.79 bits per heavy atom. The first-order chi connectivity index (χ1) is 14.1. The summed E-state index contributed by atoms with van der Waals surface area (Å²) in [6.07, 6.45) is 1.70. The third kappa shape index (κ3) is 4.99. The summed E-state index contributed by atoms with van der Waals surface area (Å²) in [6.45, 7) is 0.387. The fourth-order valence-corrected chi connectivity index (χ4v) is 2.74. The van der Waals surface area contributed by atoms with Crippen LogP contribution in [0.15, 0.2) is 72.8 Å². The van der Waals surface area contributed by atoms with E-state index in [0.717, 1.165) is 11.1 Å². The van der Waals surface area contributed by atoms with Gasteiger partial charge in [0, 0.05) is 12.1 Å². The number of nitriles is 1. The Labute approximate surface area is 168 Å². The maximum absolute atomic E-state index is 10.8. The highest BCUT2D eigenvalue weighted by atomic mass is 16.6. The van der Waals surface area contributed by atoms with Crippen LogP contribution in [-0.2, 0) is 6.61 Å². The van der Waals surface area contributed by atoms with E-state index in [9.17, 15) is 15.4 Å². The SMILES string of the molecule is COc1ccc(/C=C(/C#N)c2ccc([N+](=O)[O-])cc2)cc1OCc1ccccc1. The molecule has 0 atom stereocenters. The zero-order valence-electron chi connectivity index (χ0n) is 15.7. The molecule has 0 saturated carbocycles. The summed E-state index contributed by atoms with van der Waals surface area (Å²) in [7, 11) is 1.57. The molecule has 0 N–H and O–H groups in total. The second kappa shape index (κ2) is 9.20. The van der Waals surface area contributed by atoms with Gasteiger partial charge in [-0.3, -0.25) is 10.1 Å². The van der Waals surface area contributed by atoms with Crippen LogP contribution in [0.25, 0.3) is 11.6 Å². The van der Waals surface area contributed by atoms with E-state index < -0.39 is 4.92 Å². The van der Waals surface area contributed by atoms with Crippen molar-refractivity contribution in [2.24, 2.45) is 0 Å². The van der Waals surface area contributed by atoms with E-state index in [1.807, 2.05) is 36.4 Å². The number of rotatable bonds is 7. The molecule has 0 aliphatic carbocycles. The van der Waals surface area contributed by atoms with Crippen LogP contribution in [-0.4, -0.2) is 12.0 Å². The van der Waals surface area contributed by atoms with Gasteiger partial charge in [0.1, 0.15) is 6.61 Å². The van der Waals surface area contributed by atoms with E-state index >= 15 is 0 Å². The lowest BCUT2D eigenvalue weighted by molar-refractivity contribution is -0.384. The summed E-state index contributed by atoms with van der Waals surface area (Å²) in [6, 6.07) is 23.2. The van der Waals surface area contributed by atoms with E-state index in [1.54, 1.807) is 37.5 Å². The molecule has 0 fully saturated rings. The van der Waals surface area contributed by atoms with Crippen LogP contribution in [0.3, 0.4) is 0 Å². The quantitative estimate of drug-likeness (QED) is 0.240. The number of hydrogen-bond donors (Lipinski definition) is 0. The number of ether oxygens (including phenoxy) is 2. The van der Waals surface area contributed by atoms with Gasteiger partial charge in [-0.1, -0.05) is 36.4 Å². The summed E-state index contributed by atoms with van der Waals surface area (Å²) in [5.41, 5.74) is 2.75. The van der Waals surface area contributed by atoms with Crippen molar-refractivity contribution in [1.29, 1.82) is 5.26 Å². The molecule has 6 heteroatoms. The van der Waals surface area contributed by atoms with E-state index in [-0.39, 0.29) is 5.69 Å². The highest BCUT2D eigenvalue weighted by Crippen LogP contribution is 2.30. The first-order valence-electron chi connectivity index (χ1n) is 8.82. The van der Waals surface area contributed by atoms with Crippen molar-refractivity contribution in [2.45, 2.75) is 6.61 Å². The monoisotopic (exact) mass is 386 g/mol. The summed E-state index contributed by atoms with van der Waals surface area (Å²) in [5, 5.41) is 20.3. The maximum atomic E-state index is 10.8. The fourth-order valence-electron chi connectivity index (χ4n) is 2.74. The van der Waals surface area contributed by atoms with Crippen molar-refractivity contribution in [3.8, 4) is 17.6 Å². The van der Waals surface area contributed by atoms with Crippen LogP contribution in [0, 0.1) is 21.4 Å². The number of benzene rings is 3. The minimum atomic E-state index is -0.473. The molecule has 0 spiro atoms. The molecule has 0 unspecified atom stereocenters. The van der Waals surface area contributed by atoms with Crippen LogP contribution >= 0.6 is 0 Å². The van der Waals surface area contributed by atoms with Gasteiger partial charge in [-0.2, -0.15) is 5.26 Å². The molecule has 29 heavy (non-hydrogen) atoms. The van der Waals surface area contributed by atoms with Gasteiger partial charge in [-0.15, -0.1) is 0 Å². The first kappa shape index (κ1) is 19.6. The number of non-ortho nitro benzene ring substituents is 1. The zero-order chi connectivity index (χ0) is 20.6. The van der Waals surface area contributed by atoms with Crippen LogP contribution in [0.4, 0.5) is 5.69 Å². The molecule has 3 aromatic carbocycles. The number of methoxy groups -OCH3 is 1. The normalized spacial score (nSPS) is 10.8. The van der Waals surface area contributed by atoms with Gasteiger partial charge in [-0.05, 0) is 47.0 Å². The largest absolute Gasteiger partial charge is 0.493 e. The van der Waals surface area contributed by atoms with Gasteiger partial charge in [0.25, 0.3) is 5.69 Å². The molecule has 6 nitrogen and oxygen atoms in total. The van der Waals surface area contributed by atoms with Crippen LogP contribution in [0.1, 0.15) is 16.7 Å². The van der Waals surface area contributed by atoms with E-state index in [1.165, 1.54) is 12.1 Å². The highest BCUT2D eigenvalue weighted by Gasteiger charge is 2.09.